The number of halogens is 1. The van der Waals surface area contributed by atoms with Crippen molar-refractivity contribution in [3.63, 3.8) is 0 Å². The molecule has 3 aromatic rings. The highest BCUT2D eigenvalue weighted by atomic mass is 19.1. The molecule has 110 valence electrons. The number of aromatic nitrogens is 3. The van der Waals surface area contributed by atoms with Crippen LogP contribution in [0.25, 0.3) is 17.0 Å². The lowest BCUT2D eigenvalue weighted by atomic mass is 10.2. The van der Waals surface area contributed by atoms with Crippen LogP contribution >= 0.6 is 0 Å². The Balaban J connectivity index is 1.83. The first-order chi connectivity index (χ1) is 10.7. The van der Waals surface area contributed by atoms with Gasteiger partial charge in [-0.15, -0.1) is 10.2 Å². The Kier molecular flexibility index (Phi) is 2.89. The topological polar surface area (TPSA) is 59.3 Å². The second-order valence-electron chi connectivity index (χ2n) is 5.37. The fraction of sp³-hybridized carbons (Fsp3) is 0.188. The van der Waals surface area contributed by atoms with Crippen LogP contribution in [-0.2, 0) is 0 Å². The van der Waals surface area contributed by atoms with E-state index in [2.05, 4.69) is 15.5 Å². The summed E-state index contributed by atoms with van der Waals surface area (Å²) >= 11 is 0. The van der Waals surface area contributed by atoms with E-state index in [1.54, 1.807) is 40.9 Å². The van der Waals surface area contributed by atoms with Crippen molar-refractivity contribution in [2.45, 2.75) is 18.9 Å². The maximum Gasteiger partial charge on any atom is 0.255 e. The van der Waals surface area contributed by atoms with Crippen LogP contribution in [0.15, 0.2) is 42.6 Å². The summed E-state index contributed by atoms with van der Waals surface area (Å²) in [6.07, 6.45) is 3.76. The zero-order chi connectivity index (χ0) is 15.1. The van der Waals surface area contributed by atoms with Gasteiger partial charge in [0.1, 0.15) is 5.82 Å². The number of nitrogens with zero attached hydrogens (tertiary/aromatic N) is 3. The predicted molar refractivity (Wildman–Crippen MR) is 78.9 cm³/mol. The van der Waals surface area contributed by atoms with Crippen LogP contribution in [0.2, 0.25) is 0 Å². The molecule has 0 radical (unpaired) electrons. The Labute approximate surface area is 125 Å². The van der Waals surface area contributed by atoms with E-state index < -0.39 is 0 Å². The van der Waals surface area contributed by atoms with Gasteiger partial charge in [0.05, 0.1) is 11.1 Å². The molecule has 0 unspecified atom stereocenters. The zero-order valence-electron chi connectivity index (χ0n) is 11.7. The van der Waals surface area contributed by atoms with Crippen molar-refractivity contribution >= 4 is 11.6 Å². The number of carbonyl (C=O) groups excluding carboxylic acids is 1. The van der Waals surface area contributed by atoms with E-state index in [0.29, 0.717) is 22.6 Å². The van der Waals surface area contributed by atoms with Crippen LogP contribution in [0.1, 0.15) is 23.2 Å². The first-order valence-electron chi connectivity index (χ1n) is 7.13. The number of rotatable bonds is 3. The monoisotopic (exact) mass is 296 g/mol. The number of fused-ring (bicyclic) bond motifs is 1. The number of hydrogen-bond donors (Lipinski definition) is 1. The van der Waals surface area contributed by atoms with Crippen molar-refractivity contribution in [2.75, 3.05) is 0 Å². The second-order valence-corrected chi connectivity index (χ2v) is 5.37. The molecule has 5 nitrogen and oxygen atoms in total. The standard InChI is InChI=1S/C16H13FN4O/c17-13-6-2-1-4-11(13)14-19-20-15-12(5-3-9-21(14)15)16(22)18-10-7-8-10/h1-6,9-10H,7-8H2,(H,18,22). The van der Waals surface area contributed by atoms with E-state index in [-0.39, 0.29) is 17.8 Å². The molecule has 6 heteroatoms. The number of nitrogens with one attached hydrogen (secondary N) is 1. The molecule has 0 spiro atoms. The van der Waals surface area contributed by atoms with E-state index in [0.717, 1.165) is 12.8 Å². The highest BCUT2D eigenvalue weighted by Gasteiger charge is 2.25. The Morgan fingerprint density at radius 1 is 1.18 bits per heavy atom. The van der Waals surface area contributed by atoms with Gasteiger partial charge in [0.25, 0.3) is 5.91 Å². The Morgan fingerprint density at radius 3 is 2.77 bits per heavy atom. The van der Waals surface area contributed by atoms with Crippen molar-refractivity contribution < 1.29 is 9.18 Å². The highest BCUT2D eigenvalue weighted by Crippen LogP contribution is 2.23. The Morgan fingerprint density at radius 2 is 2.00 bits per heavy atom. The van der Waals surface area contributed by atoms with Crippen molar-refractivity contribution in [1.29, 1.82) is 0 Å². The molecule has 2 aromatic heterocycles. The van der Waals surface area contributed by atoms with Gasteiger partial charge in [-0.3, -0.25) is 9.20 Å². The van der Waals surface area contributed by atoms with Crippen molar-refractivity contribution in [2.24, 2.45) is 0 Å². The summed E-state index contributed by atoms with van der Waals surface area (Å²) in [6.45, 7) is 0. The fourth-order valence-corrected chi connectivity index (χ4v) is 2.41. The Bertz CT molecular complexity index is 869. The van der Waals surface area contributed by atoms with Gasteiger partial charge in [0, 0.05) is 12.2 Å². The third kappa shape index (κ3) is 2.13. The van der Waals surface area contributed by atoms with Crippen LogP contribution in [0.4, 0.5) is 4.39 Å². The highest BCUT2D eigenvalue weighted by molar-refractivity contribution is 6.00. The van der Waals surface area contributed by atoms with Gasteiger partial charge in [0.15, 0.2) is 11.5 Å². The first-order valence-corrected chi connectivity index (χ1v) is 7.13. The van der Waals surface area contributed by atoms with Crippen LogP contribution in [-0.4, -0.2) is 26.5 Å². The van der Waals surface area contributed by atoms with E-state index in [9.17, 15) is 9.18 Å². The number of amides is 1. The summed E-state index contributed by atoms with van der Waals surface area (Å²) in [6, 6.07) is 10.1. The lowest BCUT2D eigenvalue weighted by Gasteiger charge is -2.05. The third-order valence-electron chi connectivity index (χ3n) is 3.71. The van der Waals surface area contributed by atoms with E-state index >= 15 is 0 Å². The summed E-state index contributed by atoms with van der Waals surface area (Å²) in [7, 11) is 0. The van der Waals surface area contributed by atoms with Gasteiger partial charge in [-0.25, -0.2) is 4.39 Å². The number of benzene rings is 1. The maximum atomic E-state index is 14.0. The molecule has 1 aliphatic rings. The van der Waals surface area contributed by atoms with Gasteiger partial charge < -0.3 is 5.32 Å². The number of pyridine rings is 1. The van der Waals surface area contributed by atoms with E-state index in [1.807, 2.05) is 0 Å². The molecule has 2 heterocycles. The molecule has 22 heavy (non-hydrogen) atoms. The largest absolute Gasteiger partial charge is 0.349 e. The minimum absolute atomic E-state index is 0.166. The minimum Gasteiger partial charge on any atom is -0.349 e. The fourth-order valence-electron chi connectivity index (χ4n) is 2.41. The molecule has 0 atom stereocenters. The van der Waals surface area contributed by atoms with Gasteiger partial charge in [-0.05, 0) is 37.1 Å². The summed E-state index contributed by atoms with van der Waals surface area (Å²) in [5, 5.41) is 11.1. The average molecular weight is 296 g/mol. The second kappa shape index (κ2) is 4.91. The summed E-state index contributed by atoms with van der Waals surface area (Å²) < 4.78 is 15.6. The normalized spacial score (nSPS) is 14.2. The third-order valence-corrected chi connectivity index (χ3v) is 3.71. The van der Waals surface area contributed by atoms with Crippen molar-refractivity contribution in [3.8, 4) is 11.4 Å². The molecule has 1 N–H and O–H groups in total. The number of carbonyl (C=O) groups is 1. The maximum absolute atomic E-state index is 14.0. The van der Waals surface area contributed by atoms with E-state index in [4.69, 9.17) is 0 Å². The molecule has 0 aliphatic heterocycles. The molecular weight excluding hydrogens is 283 g/mol. The molecule has 1 aromatic carbocycles. The molecule has 0 saturated heterocycles. The summed E-state index contributed by atoms with van der Waals surface area (Å²) in [5.41, 5.74) is 1.23. The SMILES string of the molecule is O=C(NC1CC1)c1cccn2c(-c3ccccc3F)nnc12. The predicted octanol–water partition coefficient (Wildman–Crippen LogP) is 2.43. The summed E-state index contributed by atoms with van der Waals surface area (Å²) in [5.74, 6) is -0.153. The molecule has 1 fully saturated rings. The average Bonchev–Trinajstić information content (AvgIpc) is 3.24. The van der Waals surface area contributed by atoms with E-state index in [1.165, 1.54) is 6.07 Å². The molecule has 1 aliphatic carbocycles. The van der Waals surface area contributed by atoms with Crippen LogP contribution < -0.4 is 5.32 Å². The van der Waals surface area contributed by atoms with Gasteiger partial charge in [0.2, 0.25) is 0 Å². The number of hydrogen-bond acceptors (Lipinski definition) is 3. The molecular formula is C16H13FN4O. The van der Waals surface area contributed by atoms with Crippen molar-refractivity contribution in [1.82, 2.24) is 19.9 Å². The molecule has 4 rings (SSSR count). The smallest absolute Gasteiger partial charge is 0.255 e. The summed E-state index contributed by atoms with van der Waals surface area (Å²) in [4.78, 5) is 12.3. The van der Waals surface area contributed by atoms with Crippen LogP contribution in [0.5, 0.6) is 0 Å². The Hall–Kier alpha value is -2.76. The zero-order valence-corrected chi connectivity index (χ0v) is 11.7. The van der Waals surface area contributed by atoms with Crippen LogP contribution in [0, 0.1) is 5.82 Å². The van der Waals surface area contributed by atoms with Crippen LogP contribution in [0.3, 0.4) is 0 Å². The minimum atomic E-state index is -0.371. The lowest BCUT2D eigenvalue weighted by molar-refractivity contribution is 0.0952. The molecule has 0 bridgehead atoms. The molecule has 1 amide bonds. The first kappa shape index (κ1) is 12.9. The van der Waals surface area contributed by atoms with Gasteiger partial charge >= 0.3 is 0 Å². The van der Waals surface area contributed by atoms with Crippen molar-refractivity contribution in [3.05, 3.63) is 54.0 Å². The van der Waals surface area contributed by atoms with Gasteiger partial charge in [-0.1, -0.05) is 12.1 Å². The quantitative estimate of drug-likeness (QED) is 0.807. The molecule has 1 saturated carbocycles. The lowest BCUT2D eigenvalue weighted by Crippen LogP contribution is -2.25. The van der Waals surface area contributed by atoms with Gasteiger partial charge in [-0.2, -0.15) is 0 Å².